The number of hydrogen-bond acceptors (Lipinski definition) is 5. The lowest BCUT2D eigenvalue weighted by Crippen LogP contribution is -2.63. The van der Waals surface area contributed by atoms with Crippen molar-refractivity contribution in [2.45, 2.75) is 109 Å². The van der Waals surface area contributed by atoms with Crippen LogP contribution in [0.25, 0.3) is 0 Å². The normalized spacial score (nSPS) is 42.1. The summed E-state index contributed by atoms with van der Waals surface area (Å²) >= 11 is 0. The van der Waals surface area contributed by atoms with Gasteiger partial charge >= 0.3 is 5.97 Å². The summed E-state index contributed by atoms with van der Waals surface area (Å²) < 4.78 is 0. The van der Waals surface area contributed by atoms with E-state index in [1.165, 1.54) is 0 Å². The molecule has 0 bridgehead atoms. The summed E-state index contributed by atoms with van der Waals surface area (Å²) in [5, 5.41) is 35.9. The molecule has 4 fully saturated rings. The molecule has 5 rings (SSSR count). The summed E-state index contributed by atoms with van der Waals surface area (Å²) in [4.78, 5) is 24.2. The van der Waals surface area contributed by atoms with Crippen molar-refractivity contribution in [2.75, 3.05) is 0 Å². The molecule has 6 N–H and O–H groups in total. The van der Waals surface area contributed by atoms with Crippen molar-refractivity contribution in [3.63, 3.8) is 0 Å². The number of carbonyl (C=O) groups is 2. The highest BCUT2D eigenvalue weighted by molar-refractivity contribution is 5.82. The van der Waals surface area contributed by atoms with E-state index in [4.69, 9.17) is 5.73 Å². The average molecular weight is 555 g/mol. The van der Waals surface area contributed by atoms with Crippen molar-refractivity contribution >= 4 is 11.9 Å². The van der Waals surface area contributed by atoms with Crippen LogP contribution in [0.5, 0.6) is 0 Å². The zero-order valence-electron chi connectivity index (χ0n) is 24.5. The number of carboxylic acid groups (broad SMARTS) is 1. The van der Waals surface area contributed by atoms with Gasteiger partial charge in [0.15, 0.2) is 0 Å². The highest BCUT2D eigenvalue weighted by Crippen LogP contribution is 2.68. The standard InChI is InChI=1S/C33H50N2O5/c1-19(9-12-29(38)39)23-10-11-24-30-25(18-28(37)33(23,24)3)32(2)14-13-22(16-21(32)17-27(30)36)35-31(40)26(34)15-20-7-5-4-6-8-20/h4-8,19,21-28,30,36-37H,9-18,34H2,1-3H3,(H,35,40)(H,38,39)/t19-,21+,22-,23-,24+,25+,26+,27-,28+,30+,32+,33-/m1/s1. The first-order valence-electron chi connectivity index (χ1n) is 15.6. The monoisotopic (exact) mass is 554 g/mol. The van der Waals surface area contributed by atoms with Gasteiger partial charge in [0.2, 0.25) is 5.91 Å². The van der Waals surface area contributed by atoms with Gasteiger partial charge in [0, 0.05) is 12.5 Å². The Labute approximate surface area is 239 Å². The van der Waals surface area contributed by atoms with E-state index < -0.39 is 24.2 Å². The van der Waals surface area contributed by atoms with E-state index in [-0.39, 0.29) is 64.7 Å². The molecule has 0 aromatic heterocycles. The minimum absolute atomic E-state index is 0.0204. The van der Waals surface area contributed by atoms with E-state index >= 15 is 0 Å². The molecule has 1 amide bonds. The number of amides is 1. The topological polar surface area (TPSA) is 133 Å². The lowest BCUT2D eigenvalue weighted by atomic mass is 9.43. The minimum Gasteiger partial charge on any atom is -0.481 e. The molecular formula is C33H50N2O5. The third-order valence-electron chi connectivity index (χ3n) is 12.3. The van der Waals surface area contributed by atoms with Gasteiger partial charge in [-0.15, -0.1) is 0 Å². The van der Waals surface area contributed by atoms with Crippen LogP contribution in [0.3, 0.4) is 0 Å². The van der Waals surface area contributed by atoms with E-state index in [9.17, 15) is 24.9 Å². The fraction of sp³-hybridized carbons (Fsp3) is 0.758. The first-order valence-corrected chi connectivity index (χ1v) is 15.6. The maximum Gasteiger partial charge on any atom is 0.303 e. The van der Waals surface area contributed by atoms with E-state index in [2.05, 4.69) is 26.1 Å². The van der Waals surface area contributed by atoms with Crippen LogP contribution in [0.2, 0.25) is 0 Å². The van der Waals surface area contributed by atoms with E-state index in [0.29, 0.717) is 19.3 Å². The molecule has 40 heavy (non-hydrogen) atoms. The fourth-order valence-corrected chi connectivity index (χ4v) is 10.1. The molecule has 4 saturated carbocycles. The second-order valence-corrected chi connectivity index (χ2v) is 14.3. The predicted octanol–water partition coefficient (Wildman–Crippen LogP) is 4.14. The van der Waals surface area contributed by atoms with Crippen LogP contribution in [-0.4, -0.2) is 51.5 Å². The molecule has 4 aliphatic rings. The van der Waals surface area contributed by atoms with Crippen LogP contribution in [0.4, 0.5) is 0 Å². The molecule has 4 aliphatic carbocycles. The number of aliphatic hydroxyl groups excluding tert-OH is 2. The Balaban J connectivity index is 1.26. The summed E-state index contributed by atoms with van der Waals surface area (Å²) in [5.74, 6) is 0.588. The number of carboxylic acids is 1. The van der Waals surface area contributed by atoms with Crippen molar-refractivity contribution < 1.29 is 24.9 Å². The first-order chi connectivity index (χ1) is 18.9. The molecule has 0 unspecified atom stereocenters. The molecule has 12 atom stereocenters. The van der Waals surface area contributed by atoms with Crippen molar-refractivity contribution in [1.82, 2.24) is 5.32 Å². The van der Waals surface area contributed by atoms with Gasteiger partial charge in [-0.2, -0.15) is 0 Å². The van der Waals surface area contributed by atoms with Crippen LogP contribution >= 0.6 is 0 Å². The van der Waals surface area contributed by atoms with Gasteiger partial charge in [-0.05, 0) is 110 Å². The van der Waals surface area contributed by atoms with Crippen LogP contribution in [0, 0.1) is 46.3 Å². The number of hydrogen-bond donors (Lipinski definition) is 5. The van der Waals surface area contributed by atoms with Crippen molar-refractivity contribution in [3.8, 4) is 0 Å². The molecule has 1 aromatic rings. The maximum atomic E-state index is 13.0. The van der Waals surface area contributed by atoms with Gasteiger partial charge in [0.1, 0.15) is 0 Å². The number of aliphatic hydroxyl groups is 2. The molecule has 7 heteroatoms. The molecule has 1 aromatic carbocycles. The van der Waals surface area contributed by atoms with Gasteiger partial charge < -0.3 is 26.4 Å². The predicted molar refractivity (Wildman–Crippen MR) is 154 cm³/mol. The van der Waals surface area contributed by atoms with Crippen LogP contribution in [0.15, 0.2) is 30.3 Å². The summed E-state index contributed by atoms with van der Waals surface area (Å²) in [6.07, 6.45) is 6.57. The molecule has 0 spiro atoms. The molecule has 0 heterocycles. The highest BCUT2D eigenvalue weighted by Gasteiger charge is 2.65. The van der Waals surface area contributed by atoms with Gasteiger partial charge in [0.25, 0.3) is 0 Å². The number of fused-ring (bicyclic) bond motifs is 5. The van der Waals surface area contributed by atoms with Crippen molar-refractivity contribution in [2.24, 2.45) is 52.1 Å². The van der Waals surface area contributed by atoms with E-state index in [1.54, 1.807) is 0 Å². The zero-order chi connectivity index (χ0) is 28.8. The van der Waals surface area contributed by atoms with Crippen molar-refractivity contribution in [3.05, 3.63) is 35.9 Å². The van der Waals surface area contributed by atoms with Crippen molar-refractivity contribution in [1.29, 1.82) is 0 Å². The molecular weight excluding hydrogens is 504 g/mol. The SMILES string of the molecule is C[C@H](CCC(=O)O)[C@H]1CC[C@H]2[C@@H]3[C@H](O)C[C@@H]4C[C@H](NC(=O)[C@@H](N)Cc5ccccc5)CC[C@]4(C)[C@H]3C[C@H](O)[C@]12C. The summed E-state index contributed by atoms with van der Waals surface area (Å²) in [7, 11) is 0. The summed E-state index contributed by atoms with van der Waals surface area (Å²) in [6, 6.07) is 9.33. The van der Waals surface area contributed by atoms with Gasteiger partial charge in [-0.25, -0.2) is 0 Å². The van der Waals surface area contributed by atoms with Gasteiger partial charge in [0.05, 0.1) is 18.2 Å². The second kappa shape index (κ2) is 11.4. The molecule has 222 valence electrons. The molecule has 0 aliphatic heterocycles. The van der Waals surface area contributed by atoms with E-state index in [0.717, 1.165) is 44.1 Å². The maximum absolute atomic E-state index is 13.0. The molecule has 7 nitrogen and oxygen atoms in total. The Morgan fingerprint density at radius 2 is 1.77 bits per heavy atom. The summed E-state index contributed by atoms with van der Waals surface area (Å²) in [6.45, 7) is 6.74. The lowest BCUT2D eigenvalue weighted by Gasteiger charge is -2.63. The van der Waals surface area contributed by atoms with Gasteiger partial charge in [-0.1, -0.05) is 51.1 Å². The third kappa shape index (κ3) is 5.22. The Bertz CT molecular complexity index is 1070. The summed E-state index contributed by atoms with van der Waals surface area (Å²) in [5.41, 5.74) is 7.05. The average Bonchev–Trinajstić information content (AvgIpc) is 3.27. The number of nitrogens with two attached hydrogens (primary N) is 1. The smallest absolute Gasteiger partial charge is 0.303 e. The van der Waals surface area contributed by atoms with E-state index in [1.807, 2.05) is 30.3 Å². The number of rotatable bonds is 8. The lowest BCUT2D eigenvalue weighted by molar-refractivity contribution is -0.202. The van der Waals surface area contributed by atoms with Crippen LogP contribution < -0.4 is 11.1 Å². The molecule has 0 radical (unpaired) electrons. The number of aliphatic carboxylic acids is 1. The van der Waals surface area contributed by atoms with Crippen LogP contribution in [-0.2, 0) is 16.0 Å². The largest absolute Gasteiger partial charge is 0.481 e. The Morgan fingerprint density at radius 3 is 2.48 bits per heavy atom. The number of benzene rings is 1. The minimum atomic E-state index is -0.762. The fourth-order valence-electron chi connectivity index (χ4n) is 10.1. The third-order valence-corrected chi connectivity index (χ3v) is 12.3. The van der Waals surface area contributed by atoms with Crippen LogP contribution in [0.1, 0.15) is 84.1 Å². The Kier molecular flexibility index (Phi) is 8.40. The zero-order valence-corrected chi connectivity index (χ0v) is 24.5. The Morgan fingerprint density at radius 1 is 1.05 bits per heavy atom. The molecule has 0 saturated heterocycles. The first kappa shape index (κ1) is 29.5. The second-order valence-electron chi connectivity index (χ2n) is 14.3. The highest BCUT2D eigenvalue weighted by atomic mass is 16.4. The Hall–Kier alpha value is -1.96. The van der Waals surface area contributed by atoms with Gasteiger partial charge in [-0.3, -0.25) is 9.59 Å². The number of nitrogens with one attached hydrogen (secondary N) is 1. The number of carbonyl (C=O) groups excluding carboxylic acids is 1. The quantitative estimate of drug-likeness (QED) is 0.328.